The molecule has 0 unspecified atom stereocenters. The van der Waals surface area contributed by atoms with Crippen LogP contribution in [0.5, 0.6) is 0 Å². The summed E-state index contributed by atoms with van der Waals surface area (Å²) < 4.78 is 0. The van der Waals surface area contributed by atoms with Gasteiger partial charge < -0.3 is 10.8 Å². The maximum atomic E-state index is 11.1. The normalized spacial score (nSPS) is 11.6. The van der Waals surface area contributed by atoms with Crippen LogP contribution in [0.2, 0.25) is 0 Å². The number of nitrogens with two attached hydrogens (primary N) is 1. The van der Waals surface area contributed by atoms with Crippen LogP contribution >= 0.6 is 11.3 Å². The number of hydrogen-bond donors (Lipinski definition) is 2. The smallest absolute Gasteiger partial charge is 0.355 e. The van der Waals surface area contributed by atoms with Crippen molar-refractivity contribution < 1.29 is 9.90 Å². The van der Waals surface area contributed by atoms with Gasteiger partial charge in [-0.15, -0.1) is 11.3 Å². The molecule has 0 spiro atoms. The molecule has 21 heavy (non-hydrogen) atoms. The lowest BCUT2D eigenvalue weighted by Crippen LogP contribution is -2.10. The fourth-order valence-corrected chi connectivity index (χ4v) is 2.96. The molecule has 1 aromatic carbocycles. The van der Waals surface area contributed by atoms with Crippen molar-refractivity contribution in [1.29, 1.82) is 0 Å². The van der Waals surface area contributed by atoms with Crippen LogP contribution in [0.4, 0.5) is 5.13 Å². The molecule has 1 aromatic heterocycles. The van der Waals surface area contributed by atoms with Gasteiger partial charge in [0, 0.05) is 4.88 Å². The molecule has 0 fully saturated rings. The minimum absolute atomic E-state index is 0.0869. The molecule has 0 aliphatic rings. The Bertz CT molecular complexity index is 639. The van der Waals surface area contributed by atoms with Crippen molar-refractivity contribution in [1.82, 2.24) is 4.98 Å². The van der Waals surface area contributed by atoms with Crippen LogP contribution in [-0.4, -0.2) is 16.1 Å². The van der Waals surface area contributed by atoms with Gasteiger partial charge in [0.15, 0.2) is 10.8 Å². The highest BCUT2D eigenvalue weighted by Gasteiger charge is 2.16. The van der Waals surface area contributed by atoms with E-state index < -0.39 is 5.97 Å². The molecule has 0 aliphatic heterocycles. The maximum Gasteiger partial charge on any atom is 0.355 e. The zero-order valence-corrected chi connectivity index (χ0v) is 13.3. The third kappa shape index (κ3) is 3.82. The van der Waals surface area contributed by atoms with Gasteiger partial charge in [0.2, 0.25) is 0 Å². The number of aromatic nitrogens is 1. The maximum absolute atomic E-state index is 11.1. The van der Waals surface area contributed by atoms with E-state index in [-0.39, 0.29) is 11.1 Å². The van der Waals surface area contributed by atoms with Crippen molar-refractivity contribution in [3.05, 3.63) is 46.0 Å². The number of carboxylic acid groups (broad SMARTS) is 1. The molecule has 0 bridgehead atoms. The Morgan fingerprint density at radius 2 is 1.86 bits per heavy atom. The molecule has 2 rings (SSSR count). The van der Waals surface area contributed by atoms with E-state index in [0.717, 1.165) is 11.3 Å². The number of nitrogens with zero attached hydrogens (tertiary/aromatic N) is 1. The lowest BCUT2D eigenvalue weighted by molar-refractivity contribution is 0.0690. The molecule has 0 amide bonds. The summed E-state index contributed by atoms with van der Waals surface area (Å²) in [6, 6.07) is 8.47. The van der Waals surface area contributed by atoms with Crippen molar-refractivity contribution >= 4 is 22.4 Å². The summed E-state index contributed by atoms with van der Waals surface area (Å²) in [5, 5.41) is 9.40. The van der Waals surface area contributed by atoms with Crippen molar-refractivity contribution in [2.45, 2.75) is 39.0 Å². The zero-order chi connectivity index (χ0) is 15.6. The van der Waals surface area contributed by atoms with E-state index in [0.29, 0.717) is 11.6 Å². The quantitative estimate of drug-likeness (QED) is 0.906. The van der Waals surface area contributed by atoms with Crippen LogP contribution in [0.1, 0.15) is 47.3 Å². The van der Waals surface area contributed by atoms with E-state index in [1.165, 1.54) is 22.5 Å². The third-order valence-corrected chi connectivity index (χ3v) is 4.32. The van der Waals surface area contributed by atoms with Gasteiger partial charge >= 0.3 is 5.97 Å². The van der Waals surface area contributed by atoms with Crippen molar-refractivity contribution in [3.8, 4) is 0 Å². The number of nitrogen functional groups attached to an aromatic ring is 1. The molecular weight excluding hydrogens is 284 g/mol. The van der Waals surface area contributed by atoms with E-state index >= 15 is 0 Å². The number of hydrogen-bond acceptors (Lipinski definition) is 4. The van der Waals surface area contributed by atoms with Gasteiger partial charge in [-0.25, -0.2) is 9.78 Å². The summed E-state index contributed by atoms with van der Waals surface area (Å²) >= 11 is 1.26. The molecule has 0 aliphatic carbocycles. The first kappa shape index (κ1) is 15.5. The first-order valence-corrected chi connectivity index (χ1v) is 7.67. The largest absolute Gasteiger partial charge is 0.476 e. The van der Waals surface area contributed by atoms with E-state index in [2.05, 4.69) is 50.0 Å². The van der Waals surface area contributed by atoms with E-state index in [1.807, 2.05) is 0 Å². The molecule has 0 radical (unpaired) electrons. The van der Waals surface area contributed by atoms with Crippen molar-refractivity contribution in [3.63, 3.8) is 0 Å². The second-order valence-electron chi connectivity index (χ2n) is 6.08. The Morgan fingerprint density at radius 3 is 2.38 bits per heavy atom. The van der Waals surface area contributed by atoms with E-state index in [1.54, 1.807) is 0 Å². The second kappa shape index (κ2) is 5.85. The number of aromatic carboxylic acids is 1. The fourth-order valence-electron chi connectivity index (χ4n) is 2.14. The topological polar surface area (TPSA) is 76.2 Å². The monoisotopic (exact) mass is 304 g/mol. The van der Waals surface area contributed by atoms with Crippen LogP contribution in [0, 0.1) is 0 Å². The van der Waals surface area contributed by atoms with Gasteiger partial charge in [-0.3, -0.25) is 0 Å². The van der Waals surface area contributed by atoms with Gasteiger partial charge in [-0.2, -0.15) is 0 Å². The van der Waals surface area contributed by atoms with E-state index in [4.69, 9.17) is 10.8 Å². The van der Waals surface area contributed by atoms with Gasteiger partial charge in [-0.1, -0.05) is 45.0 Å². The van der Waals surface area contributed by atoms with Crippen LogP contribution in [0.25, 0.3) is 0 Å². The van der Waals surface area contributed by atoms with Crippen molar-refractivity contribution in [2.24, 2.45) is 0 Å². The Labute approximate surface area is 128 Å². The second-order valence-corrected chi connectivity index (χ2v) is 7.19. The molecule has 2 aromatic rings. The average Bonchev–Trinajstić information content (AvgIpc) is 2.77. The number of rotatable bonds is 4. The van der Waals surface area contributed by atoms with Gasteiger partial charge in [0.05, 0.1) is 0 Å². The lowest BCUT2D eigenvalue weighted by atomic mass is 9.86. The molecule has 0 saturated carbocycles. The first-order valence-electron chi connectivity index (χ1n) is 6.85. The number of anilines is 1. The number of benzene rings is 1. The summed E-state index contributed by atoms with van der Waals surface area (Å²) in [5.74, 6) is -1.01. The fraction of sp³-hybridized carbons (Fsp3) is 0.375. The molecule has 1 heterocycles. The molecule has 112 valence electrons. The summed E-state index contributed by atoms with van der Waals surface area (Å²) in [6.45, 7) is 6.55. The Morgan fingerprint density at radius 1 is 1.24 bits per heavy atom. The number of carboxylic acids is 1. The molecule has 0 atom stereocenters. The lowest BCUT2D eigenvalue weighted by Gasteiger charge is -2.19. The van der Waals surface area contributed by atoms with Gasteiger partial charge in [0.25, 0.3) is 0 Å². The molecule has 4 nitrogen and oxygen atoms in total. The number of thiazole rings is 1. The molecule has 3 N–H and O–H groups in total. The van der Waals surface area contributed by atoms with Crippen LogP contribution < -0.4 is 5.73 Å². The summed E-state index contributed by atoms with van der Waals surface area (Å²) in [4.78, 5) is 15.7. The van der Waals surface area contributed by atoms with Crippen molar-refractivity contribution in [2.75, 3.05) is 5.73 Å². The summed E-state index contributed by atoms with van der Waals surface area (Å²) in [5.41, 5.74) is 8.30. The molecule has 5 heteroatoms. The average molecular weight is 304 g/mol. The molecule has 0 saturated heterocycles. The minimum atomic E-state index is -1.01. The van der Waals surface area contributed by atoms with Crippen LogP contribution in [0.3, 0.4) is 0 Å². The summed E-state index contributed by atoms with van der Waals surface area (Å²) in [6.07, 6.45) is 1.43. The number of carbonyl (C=O) groups is 1. The predicted octanol–water partition coefficient (Wildman–Crippen LogP) is 3.51. The highest BCUT2D eigenvalue weighted by molar-refractivity contribution is 7.15. The highest BCUT2D eigenvalue weighted by Crippen LogP contribution is 2.24. The predicted molar refractivity (Wildman–Crippen MR) is 86.0 cm³/mol. The Hall–Kier alpha value is -1.88. The number of aryl methyl sites for hydroxylation is 2. The third-order valence-electron chi connectivity index (χ3n) is 3.38. The molecular formula is C16H20N2O2S. The minimum Gasteiger partial charge on any atom is -0.476 e. The van der Waals surface area contributed by atoms with Gasteiger partial charge in [-0.05, 0) is 29.4 Å². The standard InChI is InChI=1S/C16H20N2O2S/c1-16(2,3)11-7-4-10(5-8-11)6-9-12-13(14(19)20)18-15(17)21-12/h4-5,7-8H,6,9H2,1-3H3,(H2,17,18)(H,19,20). The highest BCUT2D eigenvalue weighted by atomic mass is 32.1. The van der Waals surface area contributed by atoms with Crippen LogP contribution in [-0.2, 0) is 18.3 Å². The zero-order valence-electron chi connectivity index (χ0n) is 12.5. The summed E-state index contributed by atoms with van der Waals surface area (Å²) in [7, 11) is 0. The SMILES string of the molecule is CC(C)(C)c1ccc(CCc2sc(N)nc2C(=O)O)cc1. The van der Waals surface area contributed by atoms with E-state index in [9.17, 15) is 4.79 Å². The first-order chi connectivity index (χ1) is 9.77. The Kier molecular flexibility index (Phi) is 4.32. The Balaban J connectivity index is 2.08. The van der Waals surface area contributed by atoms with Gasteiger partial charge in [0.1, 0.15) is 0 Å². The van der Waals surface area contributed by atoms with Crippen LogP contribution in [0.15, 0.2) is 24.3 Å².